The number of piperidine rings is 1. The minimum absolute atomic E-state index is 0.0190. The molecular weight excluding hydrogens is 366 g/mol. The predicted molar refractivity (Wildman–Crippen MR) is 122 cm³/mol. The SMILES string of the molecule is C[C@]12CC=C3C=C4CCNC[C@]45CC[C@]3(O5)[C@@H]1CC[C@@H]2c1ccc2ccccc2c1. The third kappa shape index (κ3) is 2.12. The van der Waals surface area contributed by atoms with E-state index in [0.29, 0.717) is 11.8 Å². The maximum absolute atomic E-state index is 7.21. The third-order valence-corrected chi connectivity index (χ3v) is 9.50. The maximum atomic E-state index is 7.21. The Morgan fingerprint density at radius 2 is 1.93 bits per heavy atom. The lowest BCUT2D eigenvalue weighted by molar-refractivity contribution is -0.129. The van der Waals surface area contributed by atoms with Crippen molar-refractivity contribution in [3.63, 3.8) is 0 Å². The van der Waals surface area contributed by atoms with E-state index in [2.05, 4.69) is 66.9 Å². The topological polar surface area (TPSA) is 21.3 Å². The van der Waals surface area contributed by atoms with E-state index >= 15 is 0 Å². The molecule has 30 heavy (non-hydrogen) atoms. The standard InChI is InChI=1S/C28H31NO/c1-26-12-10-23-17-22-11-15-29-18-27(22)13-14-28(23,30-27)25(26)9-8-24(26)21-7-6-19-4-2-3-5-20(19)16-21/h2-7,10,16-17,24-25,29H,8-9,11-15,18H2,1H3/t24-,25-,26-,27-,28-/m1/s1. The van der Waals surface area contributed by atoms with Crippen molar-refractivity contribution in [3.05, 3.63) is 71.3 Å². The van der Waals surface area contributed by atoms with Gasteiger partial charge in [0.25, 0.3) is 0 Å². The van der Waals surface area contributed by atoms with Crippen LogP contribution in [0.15, 0.2) is 65.8 Å². The fraction of sp³-hybridized carbons (Fsp3) is 0.500. The number of hydrogen-bond acceptors (Lipinski definition) is 2. The van der Waals surface area contributed by atoms with E-state index in [1.54, 1.807) is 5.57 Å². The van der Waals surface area contributed by atoms with Crippen molar-refractivity contribution >= 4 is 10.8 Å². The fourth-order valence-corrected chi connectivity index (χ4v) is 8.03. The molecule has 2 aromatic rings. The van der Waals surface area contributed by atoms with Crippen molar-refractivity contribution in [1.82, 2.24) is 5.32 Å². The van der Waals surface area contributed by atoms with Crippen LogP contribution in [0, 0.1) is 11.3 Å². The van der Waals surface area contributed by atoms with Crippen LogP contribution in [-0.4, -0.2) is 24.3 Å². The molecule has 0 radical (unpaired) electrons. The molecule has 3 fully saturated rings. The van der Waals surface area contributed by atoms with Gasteiger partial charge >= 0.3 is 0 Å². The summed E-state index contributed by atoms with van der Waals surface area (Å²) in [5.74, 6) is 1.25. The molecule has 154 valence electrons. The zero-order valence-electron chi connectivity index (χ0n) is 17.9. The van der Waals surface area contributed by atoms with Crippen LogP contribution in [0.25, 0.3) is 10.8 Å². The van der Waals surface area contributed by atoms with Crippen LogP contribution in [0.4, 0.5) is 0 Å². The lowest BCUT2D eigenvalue weighted by Gasteiger charge is -2.54. The van der Waals surface area contributed by atoms with Gasteiger partial charge in [-0.1, -0.05) is 61.5 Å². The van der Waals surface area contributed by atoms with Crippen molar-refractivity contribution in [2.24, 2.45) is 11.3 Å². The monoisotopic (exact) mass is 397 g/mol. The van der Waals surface area contributed by atoms with Gasteiger partial charge in [-0.15, -0.1) is 0 Å². The number of hydrogen-bond donors (Lipinski definition) is 1. The smallest absolute Gasteiger partial charge is 0.103 e. The number of fused-ring (bicyclic) bond motifs is 2. The quantitative estimate of drug-likeness (QED) is 0.648. The van der Waals surface area contributed by atoms with Crippen molar-refractivity contribution in [1.29, 1.82) is 0 Å². The van der Waals surface area contributed by atoms with E-state index in [0.717, 1.165) is 19.5 Å². The Labute approximate surface area is 179 Å². The Morgan fingerprint density at radius 1 is 1.03 bits per heavy atom. The first-order valence-corrected chi connectivity index (χ1v) is 11.9. The molecule has 1 saturated carbocycles. The Hall–Kier alpha value is -1.90. The Balaban J connectivity index is 1.32. The van der Waals surface area contributed by atoms with Crippen LogP contribution >= 0.6 is 0 Å². The zero-order chi connectivity index (χ0) is 20.0. The average molecular weight is 398 g/mol. The second-order valence-corrected chi connectivity index (χ2v) is 10.7. The van der Waals surface area contributed by atoms with Crippen LogP contribution in [0.3, 0.4) is 0 Å². The molecule has 5 aliphatic rings. The van der Waals surface area contributed by atoms with E-state index in [-0.39, 0.29) is 16.6 Å². The van der Waals surface area contributed by atoms with E-state index in [4.69, 9.17) is 4.74 Å². The van der Waals surface area contributed by atoms with Crippen LogP contribution in [0.5, 0.6) is 0 Å². The van der Waals surface area contributed by atoms with Gasteiger partial charge in [-0.2, -0.15) is 0 Å². The zero-order valence-corrected chi connectivity index (χ0v) is 17.9. The van der Waals surface area contributed by atoms with E-state index in [1.165, 1.54) is 54.0 Å². The molecule has 2 saturated heterocycles. The third-order valence-electron chi connectivity index (χ3n) is 9.50. The van der Waals surface area contributed by atoms with Gasteiger partial charge in [-0.25, -0.2) is 0 Å². The van der Waals surface area contributed by atoms with Crippen molar-refractivity contribution < 1.29 is 4.74 Å². The number of rotatable bonds is 1. The van der Waals surface area contributed by atoms with E-state index < -0.39 is 0 Å². The van der Waals surface area contributed by atoms with E-state index in [1.807, 2.05) is 0 Å². The summed E-state index contributed by atoms with van der Waals surface area (Å²) in [6, 6.07) is 16.0. The molecule has 0 amide bonds. The molecule has 7 rings (SSSR count). The minimum atomic E-state index is -0.0406. The summed E-state index contributed by atoms with van der Waals surface area (Å²) in [4.78, 5) is 0. The molecular formula is C28H31NO. The molecule has 2 spiro atoms. The van der Waals surface area contributed by atoms with Crippen molar-refractivity contribution in [3.8, 4) is 0 Å². The summed E-state index contributed by atoms with van der Waals surface area (Å²) in [5, 5.41) is 6.36. The highest BCUT2D eigenvalue weighted by Crippen LogP contribution is 2.68. The Morgan fingerprint density at radius 3 is 2.87 bits per heavy atom. The largest absolute Gasteiger partial charge is 0.358 e. The molecule has 1 N–H and O–H groups in total. The summed E-state index contributed by atoms with van der Waals surface area (Å²) in [5.41, 5.74) is 4.84. The van der Waals surface area contributed by atoms with Gasteiger partial charge in [0.05, 0.1) is 5.60 Å². The molecule has 0 unspecified atom stereocenters. The van der Waals surface area contributed by atoms with Gasteiger partial charge in [0.1, 0.15) is 5.60 Å². The maximum Gasteiger partial charge on any atom is 0.103 e. The lowest BCUT2D eigenvalue weighted by atomic mass is 9.58. The molecule has 2 nitrogen and oxygen atoms in total. The second-order valence-electron chi connectivity index (χ2n) is 10.7. The highest BCUT2D eigenvalue weighted by molar-refractivity contribution is 5.83. The highest BCUT2D eigenvalue weighted by Gasteiger charge is 2.66. The van der Waals surface area contributed by atoms with Gasteiger partial charge in [0.15, 0.2) is 0 Å². The summed E-state index contributed by atoms with van der Waals surface area (Å²) in [7, 11) is 0. The summed E-state index contributed by atoms with van der Waals surface area (Å²) in [6.07, 6.45) is 12.4. The van der Waals surface area contributed by atoms with Crippen LogP contribution in [0.2, 0.25) is 0 Å². The second kappa shape index (κ2) is 5.87. The summed E-state index contributed by atoms with van der Waals surface area (Å²) in [6.45, 7) is 4.67. The highest BCUT2D eigenvalue weighted by atomic mass is 16.5. The van der Waals surface area contributed by atoms with Crippen molar-refractivity contribution in [2.75, 3.05) is 13.1 Å². The van der Waals surface area contributed by atoms with Crippen LogP contribution in [-0.2, 0) is 4.74 Å². The van der Waals surface area contributed by atoms with Gasteiger partial charge in [0, 0.05) is 6.54 Å². The van der Waals surface area contributed by atoms with Crippen molar-refractivity contribution in [2.45, 2.75) is 62.6 Å². The fourth-order valence-electron chi connectivity index (χ4n) is 8.03. The van der Waals surface area contributed by atoms with Gasteiger partial charge < -0.3 is 10.1 Å². The lowest BCUT2D eigenvalue weighted by Crippen LogP contribution is -2.56. The molecule has 3 aliphatic heterocycles. The molecule has 3 heterocycles. The summed E-state index contributed by atoms with van der Waals surface area (Å²) < 4.78 is 7.21. The summed E-state index contributed by atoms with van der Waals surface area (Å²) >= 11 is 0. The Kier molecular flexibility index (Phi) is 3.47. The first-order chi connectivity index (χ1) is 14.6. The molecule has 2 aliphatic carbocycles. The predicted octanol–water partition coefficient (Wildman–Crippen LogP) is 5.89. The normalized spacial score (nSPS) is 41.6. The number of nitrogens with one attached hydrogen (secondary N) is 1. The number of allylic oxidation sites excluding steroid dienone is 1. The van der Waals surface area contributed by atoms with Gasteiger partial charge in [-0.05, 0) is 89.8 Å². The number of benzene rings is 2. The van der Waals surface area contributed by atoms with E-state index in [9.17, 15) is 0 Å². The van der Waals surface area contributed by atoms with Crippen LogP contribution < -0.4 is 5.32 Å². The molecule has 0 aromatic heterocycles. The van der Waals surface area contributed by atoms with Gasteiger partial charge in [-0.3, -0.25) is 0 Å². The average Bonchev–Trinajstić information content (AvgIpc) is 3.29. The molecule has 2 aromatic carbocycles. The first kappa shape index (κ1) is 17.7. The molecule has 2 bridgehead atoms. The first-order valence-electron chi connectivity index (χ1n) is 11.9. The molecule has 2 heteroatoms. The Bertz CT molecular complexity index is 1110. The number of ether oxygens (including phenoxy) is 1. The van der Waals surface area contributed by atoms with Gasteiger partial charge in [0.2, 0.25) is 0 Å². The minimum Gasteiger partial charge on any atom is -0.358 e. The molecule has 5 atom stereocenters. The van der Waals surface area contributed by atoms with Crippen LogP contribution in [0.1, 0.15) is 56.9 Å².